The summed E-state index contributed by atoms with van der Waals surface area (Å²) in [6.45, 7) is 4.20. The van der Waals surface area contributed by atoms with Crippen molar-refractivity contribution in [3.05, 3.63) is 65.4 Å². The van der Waals surface area contributed by atoms with Crippen LogP contribution in [0.2, 0.25) is 0 Å². The molecule has 0 saturated carbocycles. The Labute approximate surface area is 181 Å². The van der Waals surface area contributed by atoms with Crippen molar-refractivity contribution < 1.29 is 14.3 Å². The van der Waals surface area contributed by atoms with Crippen molar-refractivity contribution in [3.8, 4) is 5.75 Å². The topological polar surface area (TPSA) is 65.6 Å². The van der Waals surface area contributed by atoms with Gasteiger partial charge in [0.15, 0.2) is 0 Å². The maximum absolute atomic E-state index is 13.6. The van der Waals surface area contributed by atoms with Gasteiger partial charge in [-0.1, -0.05) is 37.3 Å². The molecule has 2 amide bonds. The van der Waals surface area contributed by atoms with Gasteiger partial charge in [-0.3, -0.25) is 9.59 Å². The van der Waals surface area contributed by atoms with E-state index < -0.39 is 6.04 Å². The van der Waals surface area contributed by atoms with Gasteiger partial charge >= 0.3 is 0 Å². The molecule has 1 fully saturated rings. The van der Waals surface area contributed by atoms with Crippen molar-refractivity contribution in [2.75, 3.05) is 13.7 Å². The number of aromatic nitrogens is 1. The number of piperazine rings is 1. The molecule has 0 spiro atoms. The fourth-order valence-electron chi connectivity index (χ4n) is 5.01. The van der Waals surface area contributed by atoms with Crippen LogP contribution in [0, 0.1) is 0 Å². The van der Waals surface area contributed by atoms with E-state index in [-0.39, 0.29) is 30.4 Å². The average molecular weight is 418 g/mol. The molecule has 3 aromatic rings. The predicted molar refractivity (Wildman–Crippen MR) is 119 cm³/mol. The molecule has 0 radical (unpaired) electrons. The first-order valence-electron chi connectivity index (χ1n) is 10.9. The first-order chi connectivity index (χ1) is 15.0. The zero-order valence-electron chi connectivity index (χ0n) is 18.1. The predicted octanol–water partition coefficient (Wildman–Crippen LogP) is 3.66. The Hall–Kier alpha value is -3.28. The van der Waals surface area contributed by atoms with Crippen LogP contribution < -0.4 is 4.74 Å². The molecule has 1 aromatic heterocycles. The molecule has 2 aliphatic heterocycles. The van der Waals surface area contributed by atoms with E-state index in [1.807, 2.05) is 56.3 Å². The number of hydrogen-bond donors (Lipinski definition) is 1. The molecule has 3 atom stereocenters. The highest BCUT2D eigenvalue weighted by Crippen LogP contribution is 2.43. The Morgan fingerprint density at radius 2 is 1.87 bits per heavy atom. The van der Waals surface area contributed by atoms with Gasteiger partial charge < -0.3 is 19.5 Å². The van der Waals surface area contributed by atoms with Crippen LogP contribution in [0.1, 0.15) is 43.1 Å². The second kappa shape index (κ2) is 7.45. The molecule has 5 rings (SSSR count). The van der Waals surface area contributed by atoms with Crippen LogP contribution >= 0.6 is 0 Å². The van der Waals surface area contributed by atoms with Gasteiger partial charge in [0.2, 0.25) is 11.8 Å². The summed E-state index contributed by atoms with van der Waals surface area (Å²) in [5.74, 6) is 0.801. The largest absolute Gasteiger partial charge is 0.497 e. The third kappa shape index (κ3) is 3.00. The van der Waals surface area contributed by atoms with Crippen LogP contribution in [0.4, 0.5) is 0 Å². The lowest BCUT2D eigenvalue weighted by molar-refractivity contribution is -0.160. The molecule has 2 aromatic carbocycles. The maximum atomic E-state index is 13.6. The number of ether oxygens (including phenoxy) is 1. The summed E-state index contributed by atoms with van der Waals surface area (Å²) in [7, 11) is 1.64. The van der Waals surface area contributed by atoms with Gasteiger partial charge in [-0.2, -0.15) is 0 Å². The SMILES string of the molecule is CC[C@@H](C)N1CC(=O)N2[C@@H](c3ccc(OC)cc3)c3[nH]c4ccccc4c3C[C@H]2C1=O. The minimum Gasteiger partial charge on any atom is -0.497 e. The van der Waals surface area contributed by atoms with E-state index in [1.165, 1.54) is 0 Å². The van der Waals surface area contributed by atoms with Crippen molar-refractivity contribution in [1.82, 2.24) is 14.8 Å². The summed E-state index contributed by atoms with van der Waals surface area (Å²) in [5, 5.41) is 1.12. The molecular weight excluding hydrogens is 390 g/mol. The molecule has 6 nitrogen and oxygen atoms in total. The number of methoxy groups -OCH3 is 1. The second-order valence-corrected chi connectivity index (χ2v) is 8.48. The smallest absolute Gasteiger partial charge is 0.246 e. The van der Waals surface area contributed by atoms with Crippen molar-refractivity contribution in [1.29, 1.82) is 0 Å². The summed E-state index contributed by atoms with van der Waals surface area (Å²) in [5.41, 5.74) is 4.13. The summed E-state index contributed by atoms with van der Waals surface area (Å²) >= 11 is 0. The van der Waals surface area contributed by atoms with Crippen molar-refractivity contribution in [2.45, 2.75) is 44.8 Å². The van der Waals surface area contributed by atoms with E-state index in [4.69, 9.17) is 4.74 Å². The fraction of sp³-hybridized carbons (Fsp3) is 0.360. The van der Waals surface area contributed by atoms with E-state index >= 15 is 0 Å². The molecule has 3 heterocycles. The van der Waals surface area contributed by atoms with Gasteiger partial charge in [-0.05, 0) is 42.7 Å². The number of nitrogens with zero attached hydrogens (tertiary/aromatic N) is 2. The van der Waals surface area contributed by atoms with E-state index in [0.717, 1.165) is 39.9 Å². The van der Waals surface area contributed by atoms with Gasteiger partial charge in [0, 0.05) is 29.1 Å². The highest BCUT2D eigenvalue weighted by atomic mass is 16.5. The third-order valence-corrected chi connectivity index (χ3v) is 6.85. The van der Waals surface area contributed by atoms with Gasteiger partial charge in [0.05, 0.1) is 13.2 Å². The quantitative estimate of drug-likeness (QED) is 0.705. The average Bonchev–Trinajstić information content (AvgIpc) is 3.18. The number of hydrogen-bond acceptors (Lipinski definition) is 3. The van der Waals surface area contributed by atoms with E-state index in [0.29, 0.717) is 6.42 Å². The van der Waals surface area contributed by atoms with Crippen molar-refractivity contribution in [3.63, 3.8) is 0 Å². The Balaban J connectivity index is 1.68. The molecule has 0 bridgehead atoms. The second-order valence-electron chi connectivity index (χ2n) is 8.48. The van der Waals surface area contributed by atoms with Crippen LogP contribution in [0.25, 0.3) is 10.9 Å². The van der Waals surface area contributed by atoms with E-state index in [9.17, 15) is 9.59 Å². The lowest BCUT2D eigenvalue weighted by atomic mass is 9.86. The van der Waals surface area contributed by atoms with Crippen LogP contribution in [0.3, 0.4) is 0 Å². The zero-order chi connectivity index (χ0) is 21.7. The lowest BCUT2D eigenvalue weighted by Crippen LogP contribution is -2.64. The number of amides is 2. The number of H-pyrrole nitrogens is 1. The van der Waals surface area contributed by atoms with Gasteiger partial charge in [-0.15, -0.1) is 0 Å². The molecule has 0 aliphatic carbocycles. The minimum atomic E-state index is -0.492. The lowest BCUT2D eigenvalue weighted by Gasteiger charge is -2.48. The van der Waals surface area contributed by atoms with Crippen LogP contribution in [0.5, 0.6) is 5.75 Å². The van der Waals surface area contributed by atoms with Crippen LogP contribution in [-0.2, 0) is 16.0 Å². The minimum absolute atomic E-state index is 0.00461. The highest BCUT2D eigenvalue weighted by Gasteiger charge is 2.48. The monoisotopic (exact) mass is 417 g/mol. The maximum Gasteiger partial charge on any atom is 0.246 e. The summed E-state index contributed by atoms with van der Waals surface area (Å²) in [6, 6.07) is 15.2. The molecule has 160 valence electrons. The zero-order valence-corrected chi connectivity index (χ0v) is 18.1. The number of aromatic amines is 1. The summed E-state index contributed by atoms with van der Waals surface area (Å²) < 4.78 is 5.32. The van der Waals surface area contributed by atoms with Gasteiger partial charge in [0.25, 0.3) is 0 Å². The fourth-order valence-corrected chi connectivity index (χ4v) is 5.01. The highest BCUT2D eigenvalue weighted by molar-refractivity contribution is 5.97. The number of carbonyl (C=O) groups is 2. The van der Waals surface area contributed by atoms with Gasteiger partial charge in [0.1, 0.15) is 18.3 Å². The van der Waals surface area contributed by atoms with E-state index in [1.54, 1.807) is 16.9 Å². The normalized spacial score (nSPS) is 21.8. The molecule has 1 saturated heterocycles. The Bertz CT molecular complexity index is 1150. The Kier molecular flexibility index (Phi) is 4.73. The molecule has 6 heteroatoms. The summed E-state index contributed by atoms with van der Waals surface area (Å²) in [6.07, 6.45) is 1.36. The van der Waals surface area contributed by atoms with E-state index in [2.05, 4.69) is 11.1 Å². The number of para-hydroxylation sites is 1. The summed E-state index contributed by atoms with van der Waals surface area (Å²) in [4.78, 5) is 34.1. The Morgan fingerprint density at radius 1 is 1.13 bits per heavy atom. The number of rotatable bonds is 4. The molecule has 0 unspecified atom stereocenters. The number of nitrogens with one attached hydrogen (secondary N) is 1. The third-order valence-electron chi connectivity index (χ3n) is 6.85. The van der Waals surface area contributed by atoms with Gasteiger partial charge in [-0.25, -0.2) is 0 Å². The van der Waals surface area contributed by atoms with Crippen molar-refractivity contribution in [2.24, 2.45) is 0 Å². The molecule has 1 N–H and O–H groups in total. The van der Waals surface area contributed by atoms with Crippen molar-refractivity contribution >= 4 is 22.7 Å². The molecule has 31 heavy (non-hydrogen) atoms. The number of carbonyl (C=O) groups excluding carboxylic acids is 2. The first-order valence-corrected chi connectivity index (χ1v) is 10.9. The van der Waals surface area contributed by atoms with Crippen LogP contribution in [-0.4, -0.2) is 52.3 Å². The first kappa shape index (κ1) is 19.7. The Morgan fingerprint density at radius 3 is 2.58 bits per heavy atom. The number of fused-ring (bicyclic) bond motifs is 4. The number of benzene rings is 2. The molecular formula is C25H27N3O3. The molecule has 2 aliphatic rings. The standard InChI is InChI=1S/C25H27N3O3/c1-4-15(2)27-14-22(29)28-21(25(27)30)13-19-18-7-5-6-8-20(18)26-23(19)24(28)16-9-11-17(31-3)12-10-16/h5-12,15,21,24,26H,4,13-14H2,1-3H3/t15-,21+,24+/m1/s1. The van der Waals surface area contributed by atoms with Crippen LogP contribution in [0.15, 0.2) is 48.5 Å².